The summed E-state index contributed by atoms with van der Waals surface area (Å²) in [7, 11) is 1.79. The van der Waals surface area contributed by atoms with E-state index >= 15 is 0 Å². The maximum atomic E-state index is 14.6. The fourth-order valence-corrected chi connectivity index (χ4v) is 4.05. The number of fused-ring (bicyclic) bond motifs is 1. The van der Waals surface area contributed by atoms with Crippen molar-refractivity contribution in [3.8, 4) is 11.1 Å². The zero-order valence-electron chi connectivity index (χ0n) is 17.9. The molecular weight excluding hydrogens is 400 g/mol. The zero-order chi connectivity index (χ0) is 22.3. The molecule has 3 N–H and O–H groups in total. The van der Waals surface area contributed by atoms with Crippen molar-refractivity contribution in [2.45, 2.75) is 45.3 Å². The molecule has 0 radical (unpaired) electrons. The Morgan fingerprint density at radius 3 is 2.58 bits per heavy atom. The second-order valence-corrected chi connectivity index (χ2v) is 8.40. The first kappa shape index (κ1) is 21.0. The van der Waals surface area contributed by atoms with E-state index in [1.807, 2.05) is 26.0 Å². The van der Waals surface area contributed by atoms with Crippen LogP contribution in [-0.2, 0) is 0 Å². The molecule has 1 aliphatic carbocycles. The number of carbonyl (C=O) groups is 1. The van der Waals surface area contributed by atoms with Gasteiger partial charge in [-0.2, -0.15) is 0 Å². The van der Waals surface area contributed by atoms with E-state index in [-0.39, 0.29) is 24.6 Å². The topological polar surface area (TPSA) is 78.9 Å². The Morgan fingerprint density at radius 1 is 1.16 bits per heavy atom. The van der Waals surface area contributed by atoms with E-state index in [1.165, 1.54) is 13.0 Å². The zero-order valence-corrected chi connectivity index (χ0v) is 17.9. The van der Waals surface area contributed by atoms with Gasteiger partial charge in [0.05, 0.1) is 11.2 Å². The molecule has 2 amide bonds. The van der Waals surface area contributed by atoms with Crippen molar-refractivity contribution in [2.75, 3.05) is 17.7 Å². The number of pyridine rings is 2. The molecule has 31 heavy (non-hydrogen) atoms. The van der Waals surface area contributed by atoms with Crippen LogP contribution in [0.2, 0.25) is 0 Å². The quantitative estimate of drug-likeness (QED) is 0.543. The lowest BCUT2D eigenvalue weighted by molar-refractivity contribution is 0.0534. The van der Waals surface area contributed by atoms with Gasteiger partial charge in [0.25, 0.3) is 0 Å². The summed E-state index contributed by atoms with van der Waals surface area (Å²) in [5.74, 6) is 0.189. The number of aromatic nitrogens is 2. The molecule has 0 bridgehead atoms. The number of anilines is 2. The van der Waals surface area contributed by atoms with Gasteiger partial charge in [0.2, 0.25) is 0 Å². The van der Waals surface area contributed by atoms with Crippen LogP contribution in [0.1, 0.15) is 31.0 Å². The number of rotatable bonds is 4. The summed E-state index contributed by atoms with van der Waals surface area (Å²) < 4.78 is 28.2. The van der Waals surface area contributed by atoms with Gasteiger partial charge in [-0.1, -0.05) is 0 Å². The van der Waals surface area contributed by atoms with Crippen LogP contribution in [0.15, 0.2) is 30.5 Å². The molecular formula is C23H25F2N5O. The van der Waals surface area contributed by atoms with Crippen LogP contribution in [0.5, 0.6) is 0 Å². The number of halogens is 2. The van der Waals surface area contributed by atoms with E-state index in [1.54, 1.807) is 19.3 Å². The summed E-state index contributed by atoms with van der Waals surface area (Å²) >= 11 is 0. The lowest BCUT2D eigenvalue weighted by Crippen LogP contribution is -2.52. The van der Waals surface area contributed by atoms with Crippen LogP contribution in [0.25, 0.3) is 22.0 Å². The molecule has 162 valence electrons. The maximum Gasteiger partial charge on any atom is 0.319 e. The normalized spacial score (nSPS) is 20.3. The van der Waals surface area contributed by atoms with Crippen LogP contribution in [-0.4, -0.2) is 34.8 Å². The van der Waals surface area contributed by atoms with Gasteiger partial charge in [-0.25, -0.2) is 18.6 Å². The van der Waals surface area contributed by atoms with Crippen LogP contribution < -0.4 is 16.0 Å². The van der Waals surface area contributed by atoms with Gasteiger partial charge in [0.1, 0.15) is 17.3 Å². The molecule has 1 aromatic carbocycles. The van der Waals surface area contributed by atoms with Gasteiger partial charge in [-0.05, 0) is 50.1 Å². The van der Waals surface area contributed by atoms with Gasteiger partial charge in [0, 0.05) is 54.8 Å². The molecule has 1 saturated carbocycles. The predicted molar refractivity (Wildman–Crippen MR) is 119 cm³/mol. The minimum absolute atomic E-state index is 0.0589. The third-order valence-corrected chi connectivity index (χ3v) is 5.68. The molecule has 6 nitrogen and oxygen atoms in total. The Labute approximate surface area is 179 Å². The SMILES string of the molecule is CNc1cc2nc(C)c(-c3cc(NC(=O)NC4CC(C)(F)C4)c(F)cc3C)cc2cn1. The first-order valence-corrected chi connectivity index (χ1v) is 10.2. The highest BCUT2D eigenvalue weighted by molar-refractivity contribution is 5.92. The van der Waals surface area contributed by atoms with Gasteiger partial charge < -0.3 is 16.0 Å². The Balaban J connectivity index is 1.63. The number of urea groups is 1. The highest BCUT2D eigenvalue weighted by atomic mass is 19.1. The molecule has 1 aliphatic rings. The Bertz CT molecular complexity index is 1170. The fourth-order valence-electron chi connectivity index (χ4n) is 4.05. The summed E-state index contributed by atoms with van der Waals surface area (Å²) in [6.45, 7) is 5.20. The van der Waals surface area contributed by atoms with Crippen LogP contribution >= 0.6 is 0 Å². The van der Waals surface area contributed by atoms with E-state index in [4.69, 9.17) is 0 Å². The predicted octanol–water partition coefficient (Wildman–Crippen LogP) is 5.11. The minimum atomic E-state index is -1.25. The summed E-state index contributed by atoms with van der Waals surface area (Å²) in [6.07, 6.45) is 2.25. The molecule has 0 spiro atoms. The molecule has 1 fully saturated rings. The molecule has 3 aromatic rings. The lowest BCUT2D eigenvalue weighted by Gasteiger charge is -2.38. The number of aryl methyl sites for hydroxylation is 2. The molecule has 2 aromatic heterocycles. The summed E-state index contributed by atoms with van der Waals surface area (Å²) in [6, 6.07) is 6.03. The largest absolute Gasteiger partial charge is 0.373 e. The average Bonchev–Trinajstić information content (AvgIpc) is 2.68. The van der Waals surface area contributed by atoms with Crippen molar-refractivity contribution < 1.29 is 13.6 Å². The maximum absolute atomic E-state index is 14.6. The van der Waals surface area contributed by atoms with Crippen LogP contribution in [0.3, 0.4) is 0 Å². The number of nitrogens with zero attached hydrogens (tertiary/aromatic N) is 2. The fraction of sp³-hybridized carbons (Fsp3) is 0.348. The first-order valence-electron chi connectivity index (χ1n) is 10.2. The third-order valence-electron chi connectivity index (χ3n) is 5.68. The first-order chi connectivity index (χ1) is 14.6. The minimum Gasteiger partial charge on any atom is -0.373 e. The number of carbonyl (C=O) groups excluding carboxylic acids is 1. The molecule has 4 rings (SSSR count). The van der Waals surface area contributed by atoms with E-state index in [9.17, 15) is 13.6 Å². The molecule has 0 atom stereocenters. The molecule has 0 saturated heterocycles. The number of hydrogen-bond donors (Lipinski definition) is 3. The second kappa shape index (κ2) is 7.76. The van der Waals surface area contributed by atoms with Gasteiger partial charge in [0.15, 0.2) is 0 Å². The molecule has 8 heteroatoms. The molecule has 0 aliphatic heterocycles. The van der Waals surface area contributed by atoms with Crippen LogP contribution in [0.4, 0.5) is 25.1 Å². The smallest absolute Gasteiger partial charge is 0.319 e. The lowest BCUT2D eigenvalue weighted by atomic mass is 9.79. The van der Waals surface area contributed by atoms with Crippen molar-refractivity contribution in [1.29, 1.82) is 0 Å². The van der Waals surface area contributed by atoms with E-state index in [0.717, 1.165) is 39.1 Å². The average molecular weight is 425 g/mol. The van der Waals surface area contributed by atoms with Crippen molar-refractivity contribution in [3.05, 3.63) is 47.5 Å². The number of hydrogen-bond acceptors (Lipinski definition) is 4. The van der Waals surface area contributed by atoms with E-state index in [2.05, 4.69) is 25.9 Å². The summed E-state index contributed by atoms with van der Waals surface area (Å²) in [5.41, 5.74) is 2.72. The van der Waals surface area contributed by atoms with E-state index in [0.29, 0.717) is 0 Å². The Kier molecular flexibility index (Phi) is 5.24. The van der Waals surface area contributed by atoms with Gasteiger partial charge in [-0.3, -0.25) is 4.98 Å². The molecule has 0 unspecified atom stereocenters. The highest BCUT2D eigenvalue weighted by Gasteiger charge is 2.41. The van der Waals surface area contributed by atoms with Crippen molar-refractivity contribution in [3.63, 3.8) is 0 Å². The number of nitrogens with one attached hydrogen (secondary N) is 3. The number of amides is 2. The van der Waals surface area contributed by atoms with Crippen molar-refractivity contribution in [1.82, 2.24) is 15.3 Å². The van der Waals surface area contributed by atoms with Gasteiger partial charge in [-0.15, -0.1) is 0 Å². The van der Waals surface area contributed by atoms with Crippen LogP contribution in [0, 0.1) is 19.7 Å². The number of benzene rings is 1. The van der Waals surface area contributed by atoms with E-state index < -0.39 is 17.5 Å². The standard InChI is InChI=1S/C23H25F2N5O/c1-12-5-18(24)20(30-22(31)29-15-9-23(3,25)10-15)7-16(12)17-6-14-11-27-21(26-4)8-19(14)28-13(17)2/h5-8,11,15H,9-10H2,1-4H3,(H,26,27)(H2,29,30,31). The highest BCUT2D eigenvalue weighted by Crippen LogP contribution is 2.36. The summed E-state index contributed by atoms with van der Waals surface area (Å²) in [5, 5.41) is 9.09. The summed E-state index contributed by atoms with van der Waals surface area (Å²) in [4.78, 5) is 21.3. The van der Waals surface area contributed by atoms with Gasteiger partial charge >= 0.3 is 6.03 Å². The molecule has 2 heterocycles. The Morgan fingerprint density at radius 2 is 1.90 bits per heavy atom. The van der Waals surface area contributed by atoms with Crippen molar-refractivity contribution >= 4 is 28.4 Å². The monoisotopic (exact) mass is 425 g/mol. The Hall–Kier alpha value is -3.29. The number of alkyl halides is 1. The third kappa shape index (κ3) is 4.28. The second-order valence-electron chi connectivity index (χ2n) is 8.40. The van der Waals surface area contributed by atoms with Crippen molar-refractivity contribution in [2.24, 2.45) is 0 Å².